The van der Waals surface area contributed by atoms with Gasteiger partial charge >= 0.3 is 5.97 Å². The molecule has 1 aromatic heterocycles. The number of hydrogen-bond acceptors (Lipinski definition) is 6. The Morgan fingerprint density at radius 2 is 1.93 bits per heavy atom. The van der Waals surface area contributed by atoms with Crippen LogP contribution in [0.15, 0.2) is 42.5 Å². The minimum absolute atomic E-state index is 0.0121. The molecule has 0 atom stereocenters. The summed E-state index contributed by atoms with van der Waals surface area (Å²) < 4.78 is 5.69. The summed E-state index contributed by atoms with van der Waals surface area (Å²) in [5.41, 5.74) is -0.250. The van der Waals surface area contributed by atoms with Crippen LogP contribution in [0.4, 0.5) is 11.4 Å². The molecule has 0 unspecified atom stereocenters. The summed E-state index contributed by atoms with van der Waals surface area (Å²) in [5.74, 6) is -1.48. The Kier molecular flexibility index (Phi) is 5.59. The van der Waals surface area contributed by atoms with Gasteiger partial charge in [-0.3, -0.25) is 14.9 Å². The molecule has 3 rings (SSSR count). The van der Waals surface area contributed by atoms with Gasteiger partial charge in [0.1, 0.15) is 10.6 Å². The predicted molar refractivity (Wildman–Crippen MR) is 104 cm³/mol. The molecule has 0 saturated carbocycles. The molecule has 7 nitrogen and oxygen atoms in total. The highest BCUT2D eigenvalue weighted by Gasteiger charge is 2.20. The number of esters is 1. The van der Waals surface area contributed by atoms with Crippen LogP contribution in [-0.2, 0) is 9.53 Å². The number of anilines is 1. The monoisotopic (exact) mass is 424 g/mol. The van der Waals surface area contributed by atoms with E-state index in [9.17, 15) is 19.7 Å². The Labute approximate surface area is 166 Å². The van der Waals surface area contributed by atoms with Crippen molar-refractivity contribution in [3.8, 4) is 0 Å². The lowest BCUT2D eigenvalue weighted by molar-refractivity contribution is -0.383. The maximum Gasteiger partial charge on any atom is 0.350 e. The quantitative estimate of drug-likeness (QED) is 0.356. The number of nitrogens with zero attached hydrogens (tertiary/aromatic N) is 1. The molecule has 0 aliphatic rings. The van der Waals surface area contributed by atoms with Gasteiger partial charge in [0.25, 0.3) is 11.6 Å². The van der Waals surface area contributed by atoms with Crippen molar-refractivity contribution in [1.29, 1.82) is 0 Å². The number of rotatable bonds is 5. The number of carbonyl (C=O) groups excluding carboxylic acids is 2. The van der Waals surface area contributed by atoms with E-state index in [2.05, 4.69) is 5.32 Å². The lowest BCUT2D eigenvalue weighted by Gasteiger charge is -2.06. The zero-order valence-corrected chi connectivity index (χ0v) is 15.7. The van der Waals surface area contributed by atoms with Crippen LogP contribution in [0.1, 0.15) is 9.67 Å². The van der Waals surface area contributed by atoms with Crippen molar-refractivity contribution in [3.63, 3.8) is 0 Å². The predicted octanol–water partition coefficient (Wildman–Crippen LogP) is 4.91. The zero-order valence-electron chi connectivity index (χ0n) is 13.4. The van der Waals surface area contributed by atoms with E-state index in [0.29, 0.717) is 15.1 Å². The molecule has 1 N–H and O–H groups in total. The number of nitro benzene ring substituents is 1. The van der Waals surface area contributed by atoms with Crippen LogP contribution >= 0.6 is 34.5 Å². The molecule has 0 saturated heterocycles. The maximum absolute atomic E-state index is 12.2. The number of nitro groups is 1. The van der Waals surface area contributed by atoms with Gasteiger partial charge in [0.2, 0.25) is 0 Å². The molecule has 3 aromatic rings. The van der Waals surface area contributed by atoms with Gasteiger partial charge in [-0.1, -0.05) is 41.4 Å². The van der Waals surface area contributed by atoms with Gasteiger partial charge in [-0.15, -0.1) is 11.3 Å². The number of amides is 1. The fraction of sp³-hybridized carbons (Fsp3) is 0.0588. The standard InChI is InChI=1S/C17H10Cl2N2O5S/c18-9-5-6-10-13(7-9)27-16(15(10)19)17(23)26-8-14(22)20-11-3-1-2-4-12(11)21(24)25/h1-7H,8H2,(H,20,22). The van der Waals surface area contributed by atoms with E-state index in [1.165, 1.54) is 24.3 Å². The van der Waals surface area contributed by atoms with Crippen LogP contribution < -0.4 is 5.32 Å². The van der Waals surface area contributed by atoms with Crippen molar-refractivity contribution >= 4 is 67.9 Å². The Morgan fingerprint density at radius 1 is 1.19 bits per heavy atom. The highest BCUT2D eigenvalue weighted by Crippen LogP contribution is 2.37. The molecule has 0 aliphatic heterocycles. The number of ether oxygens (including phenoxy) is 1. The van der Waals surface area contributed by atoms with E-state index in [-0.39, 0.29) is 21.3 Å². The van der Waals surface area contributed by atoms with Crippen molar-refractivity contribution < 1.29 is 19.2 Å². The van der Waals surface area contributed by atoms with Crippen molar-refractivity contribution in [2.75, 3.05) is 11.9 Å². The third-order valence-corrected chi connectivity index (χ3v) is 5.36. The fourth-order valence-corrected chi connectivity index (χ4v) is 3.97. The lowest BCUT2D eigenvalue weighted by Crippen LogP contribution is -2.21. The average Bonchev–Trinajstić information content (AvgIpc) is 2.96. The summed E-state index contributed by atoms with van der Waals surface area (Å²) in [6.45, 7) is -0.615. The molecule has 27 heavy (non-hydrogen) atoms. The number of halogens is 2. The van der Waals surface area contributed by atoms with Crippen LogP contribution in [0.2, 0.25) is 10.0 Å². The van der Waals surface area contributed by atoms with Crippen molar-refractivity contribution in [1.82, 2.24) is 0 Å². The van der Waals surface area contributed by atoms with E-state index in [1.807, 2.05) is 0 Å². The smallest absolute Gasteiger partial charge is 0.350 e. The molecule has 10 heteroatoms. The molecule has 0 spiro atoms. The minimum Gasteiger partial charge on any atom is -0.451 e. The largest absolute Gasteiger partial charge is 0.451 e. The second-order valence-corrected chi connectivity index (χ2v) is 7.15. The minimum atomic E-state index is -0.768. The van der Waals surface area contributed by atoms with Gasteiger partial charge in [-0.05, 0) is 18.2 Å². The molecule has 0 bridgehead atoms. The SMILES string of the molecule is O=C(COC(=O)c1sc2cc(Cl)ccc2c1Cl)Nc1ccccc1[N+](=O)[O-]. The molecule has 138 valence electrons. The summed E-state index contributed by atoms with van der Waals surface area (Å²) in [4.78, 5) is 34.7. The molecular weight excluding hydrogens is 415 g/mol. The van der Waals surface area contributed by atoms with Gasteiger partial charge < -0.3 is 10.1 Å². The lowest BCUT2D eigenvalue weighted by atomic mass is 10.2. The number of carbonyl (C=O) groups is 2. The van der Waals surface area contributed by atoms with Gasteiger partial charge in [0.15, 0.2) is 6.61 Å². The average molecular weight is 425 g/mol. The number of hydrogen-bond donors (Lipinski definition) is 1. The van der Waals surface area contributed by atoms with Crippen LogP contribution in [-0.4, -0.2) is 23.4 Å². The second kappa shape index (κ2) is 7.91. The first kappa shape index (κ1) is 19.1. The number of fused-ring (bicyclic) bond motifs is 1. The molecular formula is C17H10Cl2N2O5S. The summed E-state index contributed by atoms with van der Waals surface area (Å²) in [6.07, 6.45) is 0. The van der Waals surface area contributed by atoms with Crippen molar-refractivity contribution in [3.05, 3.63) is 67.5 Å². The third-order valence-electron chi connectivity index (χ3n) is 3.49. The number of benzene rings is 2. The van der Waals surface area contributed by atoms with Gasteiger partial charge in [-0.2, -0.15) is 0 Å². The van der Waals surface area contributed by atoms with E-state index < -0.39 is 23.4 Å². The summed E-state index contributed by atoms with van der Waals surface area (Å²) >= 11 is 13.2. The van der Waals surface area contributed by atoms with E-state index in [0.717, 1.165) is 11.3 Å². The molecule has 2 aromatic carbocycles. The van der Waals surface area contributed by atoms with E-state index in [4.69, 9.17) is 27.9 Å². The Hall–Kier alpha value is -2.68. The van der Waals surface area contributed by atoms with Crippen LogP contribution in [0.5, 0.6) is 0 Å². The summed E-state index contributed by atoms with van der Waals surface area (Å²) in [5, 5.41) is 14.7. The van der Waals surface area contributed by atoms with Gasteiger partial charge in [0.05, 0.1) is 9.95 Å². The number of thiophene rings is 1. The summed E-state index contributed by atoms with van der Waals surface area (Å²) in [6, 6.07) is 10.7. The fourth-order valence-electron chi connectivity index (χ4n) is 2.29. The third kappa shape index (κ3) is 4.19. The zero-order chi connectivity index (χ0) is 19.6. The van der Waals surface area contributed by atoms with Crippen LogP contribution in [0.25, 0.3) is 10.1 Å². The second-order valence-electron chi connectivity index (χ2n) is 5.28. The maximum atomic E-state index is 12.2. The topological polar surface area (TPSA) is 98.5 Å². The molecule has 0 radical (unpaired) electrons. The molecule has 0 fully saturated rings. The number of nitrogens with one attached hydrogen (secondary N) is 1. The highest BCUT2D eigenvalue weighted by atomic mass is 35.5. The van der Waals surface area contributed by atoms with Gasteiger partial charge in [0, 0.05) is 21.2 Å². The first-order valence-electron chi connectivity index (χ1n) is 7.44. The Balaban J connectivity index is 1.68. The van der Waals surface area contributed by atoms with Crippen LogP contribution in [0.3, 0.4) is 0 Å². The first-order chi connectivity index (χ1) is 12.9. The highest BCUT2D eigenvalue weighted by molar-refractivity contribution is 7.21. The van der Waals surface area contributed by atoms with E-state index >= 15 is 0 Å². The van der Waals surface area contributed by atoms with Gasteiger partial charge in [-0.25, -0.2) is 4.79 Å². The Morgan fingerprint density at radius 3 is 2.67 bits per heavy atom. The number of para-hydroxylation sites is 2. The van der Waals surface area contributed by atoms with Crippen molar-refractivity contribution in [2.24, 2.45) is 0 Å². The first-order valence-corrected chi connectivity index (χ1v) is 9.02. The molecule has 1 heterocycles. The normalized spacial score (nSPS) is 10.6. The Bertz CT molecular complexity index is 1070. The summed E-state index contributed by atoms with van der Waals surface area (Å²) in [7, 11) is 0. The van der Waals surface area contributed by atoms with Crippen molar-refractivity contribution in [2.45, 2.75) is 0 Å². The molecule has 0 aliphatic carbocycles. The molecule has 1 amide bonds. The van der Waals surface area contributed by atoms with Crippen LogP contribution in [0, 0.1) is 10.1 Å². The van der Waals surface area contributed by atoms with E-state index in [1.54, 1.807) is 18.2 Å².